The first-order chi connectivity index (χ1) is 8.40. The fraction of sp³-hybridized carbons (Fsp3) is 0.533. The lowest BCUT2D eigenvalue weighted by Crippen LogP contribution is -2.18. The Balaban J connectivity index is 2.76. The second kappa shape index (κ2) is 6.43. The Labute approximate surface area is 109 Å². The number of aromatic carboxylic acids is 1. The van der Waals surface area contributed by atoms with Crippen molar-refractivity contribution in [3.05, 3.63) is 29.3 Å². The highest BCUT2D eigenvalue weighted by atomic mass is 16.4. The monoisotopic (exact) mass is 249 g/mol. The summed E-state index contributed by atoms with van der Waals surface area (Å²) in [5, 5.41) is 12.5. The number of nitrogens with one attached hydrogen (secondary N) is 1. The van der Waals surface area contributed by atoms with Crippen LogP contribution >= 0.6 is 0 Å². The second-order valence-electron chi connectivity index (χ2n) is 5.37. The molecule has 0 fully saturated rings. The zero-order chi connectivity index (χ0) is 13.7. The summed E-state index contributed by atoms with van der Waals surface area (Å²) in [5.74, 6) is -0.209. The predicted octanol–water partition coefficient (Wildman–Crippen LogP) is 3.93. The van der Waals surface area contributed by atoms with Crippen LogP contribution in [0.5, 0.6) is 0 Å². The van der Waals surface area contributed by atoms with Gasteiger partial charge < -0.3 is 10.4 Å². The van der Waals surface area contributed by atoms with Crippen molar-refractivity contribution in [2.75, 3.05) is 5.32 Å². The van der Waals surface area contributed by atoms with E-state index in [0.717, 1.165) is 24.1 Å². The summed E-state index contributed by atoms with van der Waals surface area (Å²) in [7, 11) is 0. The molecule has 0 radical (unpaired) electrons. The van der Waals surface area contributed by atoms with Crippen LogP contribution in [0.15, 0.2) is 18.2 Å². The van der Waals surface area contributed by atoms with Crippen LogP contribution in [0, 0.1) is 12.8 Å². The molecule has 3 nitrogen and oxygen atoms in total. The molecule has 1 atom stereocenters. The van der Waals surface area contributed by atoms with Crippen LogP contribution in [0.1, 0.15) is 49.5 Å². The molecule has 1 unspecified atom stereocenters. The molecular weight excluding hydrogens is 226 g/mol. The van der Waals surface area contributed by atoms with Gasteiger partial charge in [0.25, 0.3) is 0 Å². The number of aryl methyl sites for hydroxylation is 1. The fourth-order valence-electron chi connectivity index (χ4n) is 1.88. The Morgan fingerprint density at radius 2 is 1.94 bits per heavy atom. The summed E-state index contributed by atoms with van der Waals surface area (Å²) >= 11 is 0. The van der Waals surface area contributed by atoms with E-state index in [4.69, 9.17) is 5.11 Å². The third-order valence-corrected chi connectivity index (χ3v) is 2.98. The summed E-state index contributed by atoms with van der Waals surface area (Å²) in [6.07, 6.45) is 2.19. The molecule has 2 N–H and O–H groups in total. The largest absolute Gasteiger partial charge is 0.478 e. The van der Waals surface area contributed by atoms with E-state index >= 15 is 0 Å². The zero-order valence-corrected chi connectivity index (χ0v) is 11.7. The molecule has 0 aliphatic carbocycles. The third-order valence-electron chi connectivity index (χ3n) is 2.98. The summed E-state index contributed by atoms with van der Waals surface area (Å²) in [4.78, 5) is 11.1. The molecule has 3 heteroatoms. The van der Waals surface area contributed by atoms with Crippen LogP contribution < -0.4 is 5.32 Å². The van der Waals surface area contributed by atoms with E-state index in [-0.39, 0.29) is 6.04 Å². The smallest absolute Gasteiger partial charge is 0.337 e. The molecule has 0 aromatic heterocycles. The molecule has 1 aromatic rings. The average Bonchev–Trinajstić information content (AvgIpc) is 2.26. The minimum atomic E-state index is -0.881. The Hall–Kier alpha value is -1.51. The average molecular weight is 249 g/mol. The maximum absolute atomic E-state index is 11.1. The van der Waals surface area contributed by atoms with Crippen molar-refractivity contribution in [2.24, 2.45) is 5.92 Å². The van der Waals surface area contributed by atoms with Crippen LogP contribution in [-0.2, 0) is 0 Å². The summed E-state index contributed by atoms with van der Waals surface area (Å²) < 4.78 is 0. The highest BCUT2D eigenvalue weighted by Gasteiger charge is 2.12. The Morgan fingerprint density at radius 1 is 1.28 bits per heavy atom. The van der Waals surface area contributed by atoms with Gasteiger partial charge in [0.05, 0.1) is 5.56 Å². The highest BCUT2D eigenvalue weighted by molar-refractivity contribution is 5.94. The van der Waals surface area contributed by atoms with E-state index in [1.54, 1.807) is 6.07 Å². The second-order valence-corrected chi connectivity index (χ2v) is 5.37. The van der Waals surface area contributed by atoms with Gasteiger partial charge in [-0.15, -0.1) is 0 Å². The van der Waals surface area contributed by atoms with Crippen molar-refractivity contribution >= 4 is 11.7 Å². The molecule has 100 valence electrons. The zero-order valence-electron chi connectivity index (χ0n) is 11.7. The normalized spacial score (nSPS) is 12.5. The molecule has 1 rings (SSSR count). The number of carbonyl (C=O) groups is 1. The molecule has 0 saturated carbocycles. The first-order valence-corrected chi connectivity index (χ1v) is 6.50. The number of rotatable bonds is 6. The van der Waals surface area contributed by atoms with Crippen molar-refractivity contribution in [3.63, 3.8) is 0 Å². The number of benzene rings is 1. The minimum Gasteiger partial charge on any atom is -0.478 e. The van der Waals surface area contributed by atoms with Gasteiger partial charge >= 0.3 is 5.97 Å². The third kappa shape index (κ3) is 4.40. The van der Waals surface area contributed by atoms with Gasteiger partial charge in [-0.05, 0) is 50.3 Å². The molecule has 0 heterocycles. The Bertz CT molecular complexity index is 413. The van der Waals surface area contributed by atoms with E-state index in [0.29, 0.717) is 11.5 Å². The summed E-state index contributed by atoms with van der Waals surface area (Å²) in [6.45, 7) is 8.45. The van der Waals surface area contributed by atoms with Gasteiger partial charge in [0.1, 0.15) is 0 Å². The number of carboxylic acids is 1. The summed E-state index contributed by atoms with van der Waals surface area (Å²) in [5.41, 5.74) is 2.13. The van der Waals surface area contributed by atoms with E-state index in [1.807, 2.05) is 19.1 Å². The lowest BCUT2D eigenvalue weighted by Gasteiger charge is -2.18. The summed E-state index contributed by atoms with van der Waals surface area (Å²) in [6, 6.07) is 5.67. The van der Waals surface area contributed by atoms with Gasteiger partial charge in [-0.2, -0.15) is 0 Å². The van der Waals surface area contributed by atoms with E-state index in [1.165, 1.54) is 0 Å². The van der Waals surface area contributed by atoms with Crippen LogP contribution in [0.4, 0.5) is 5.69 Å². The van der Waals surface area contributed by atoms with Gasteiger partial charge in [-0.25, -0.2) is 4.79 Å². The van der Waals surface area contributed by atoms with Crippen LogP contribution in [0.3, 0.4) is 0 Å². The molecular formula is C15H23NO2. The van der Waals surface area contributed by atoms with Crippen LogP contribution in [0.2, 0.25) is 0 Å². The van der Waals surface area contributed by atoms with Crippen molar-refractivity contribution in [3.8, 4) is 0 Å². The van der Waals surface area contributed by atoms with Gasteiger partial charge in [0.15, 0.2) is 0 Å². The van der Waals surface area contributed by atoms with Gasteiger partial charge in [0, 0.05) is 11.7 Å². The first-order valence-electron chi connectivity index (χ1n) is 6.50. The van der Waals surface area contributed by atoms with E-state index in [9.17, 15) is 4.79 Å². The highest BCUT2D eigenvalue weighted by Crippen LogP contribution is 2.20. The maximum Gasteiger partial charge on any atom is 0.337 e. The standard InChI is InChI=1S/C15H23NO2/c1-10(2)5-7-12(4)16-14-9-11(3)6-8-13(14)15(17)18/h6,8-10,12,16H,5,7H2,1-4H3,(H,17,18). The van der Waals surface area contributed by atoms with E-state index < -0.39 is 5.97 Å². The lowest BCUT2D eigenvalue weighted by molar-refractivity contribution is 0.0698. The molecule has 18 heavy (non-hydrogen) atoms. The van der Waals surface area contributed by atoms with Gasteiger partial charge in [-0.3, -0.25) is 0 Å². The minimum absolute atomic E-state index is 0.285. The SMILES string of the molecule is Cc1ccc(C(=O)O)c(NC(C)CCC(C)C)c1. The van der Waals surface area contributed by atoms with Gasteiger partial charge in [0.2, 0.25) is 0 Å². The molecule has 0 amide bonds. The molecule has 0 aliphatic rings. The number of anilines is 1. The topological polar surface area (TPSA) is 49.3 Å². The predicted molar refractivity (Wildman–Crippen MR) is 75.3 cm³/mol. The Kier molecular flexibility index (Phi) is 5.20. The van der Waals surface area contributed by atoms with Crippen molar-refractivity contribution < 1.29 is 9.90 Å². The number of carboxylic acid groups (broad SMARTS) is 1. The number of hydrogen-bond donors (Lipinski definition) is 2. The van der Waals surface area contributed by atoms with Crippen molar-refractivity contribution in [1.82, 2.24) is 0 Å². The molecule has 1 aromatic carbocycles. The maximum atomic E-state index is 11.1. The van der Waals surface area contributed by atoms with Crippen LogP contribution in [0.25, 0.3) is 0 Å². The fourth-order valence-corrected chi connectivity index (χ4v) is 1.88. The molecule has 0 spiro atoms. The number of hydrogen-bond acceptors (Lipinski definition) is 2. The molecule has 0 bridgehead atoms. The molecule has 0 saturated heterocycles. The van der Waals surface area contributed by atoms with E-state index in [2.05, 4.69) is 26.1 Å². The Morgan fingerprint density at radius 3 is 2.50 bits per heavy atom. The van der Waals surface area contributed by atoms with Crippen LogP contribution in [-0.4, -0.2) is 17.1 Å². The van der Waals surface area contributed by atoms with Gasteiger partial charge in [-0.1, -0.05) is 19.9 Å². The molecule has 0 aliphatic heterocycles. The van der Waals surface area contributed by atoms with Crippen molar-refractivity contribution in [2.45, 2.75) is 46.6 Å². The quantitative estimate of drug-likeness (QED) is 0.803. The first kappa shape index (κ1) is 14.6. The van der Waals surface area contributed by atoms with Crippen molar-refractivity contribution in [1.29, 1.82) is 0 Å². The lowest BCUT2D eigenvalue weighted by atomic mass is 10.0.